The van der Waals surface area contributed by atoms with Gasteiger partial charge in [-0.25, -0.2) is 0 Å². The maximum Gasteiger partial charge on any atom is 0.0490 e. The van der Waals surface area contributed by atoms with Crippen LogP contribution in [0, 0.1) is 0 Å². The number of likely N-dealkylation sites (tertiary alicyclic amines) is 1. The van der Waals surface area contributed by atoms with E-state index >= 15 is 0 Å². The van der Waals surface area contributed by atoms with E-state index in [1.165, 1.54) is 44.6 Å². The summed E-state index contributed by atoms with van der Waals surface area (Å²) in [6.07, 6.45) is 5.68. The van der Waals surface area contributed by atoms with E-state index in [-0.39, 0.29) is 0 Å². The molecule has 1 aliphatic heterocycles. The van der Waals surface area contributed by atoms with Gasteiger partial charge in [-0.15, -0.1) is 0 Å². The third-order valence-corrected chi connectivity index (χ3v) is 3.41. The van der Waals surface area contributed by atoms with Crippen LogP contribution >= 0.6 is 0 Å². The van der Waals surface area contributed by atoms with Crippen molar-refractivity contribution >= 4 is 0 Å². The first-order chi connectivity index (χ1) is 7.88. The van der Waals surface area contributed by atoms with Crippen molar-refractivity contribution in [1.82, 2.24) is 20.4 Å². The number of aromatic nitrogens is 2. The van der Waals surface area contributed by atoms with Crippen LogP contribution in [-0.4, -0.2) is 40.8 Å². The minimum Gasteiger partial charge on any atom is -0.308 e. The topological polar surface area (TPSA) is 44.0 Å². The molecule has 1 fully saturated rings. The van der Waals surface area contributed by atoms with E-state index in [2.05, 4.69) is 27.3 Å². The summed E-state index contributed by atoms with van der Waals surface area (Å²) >= 11 is 0. The molecule has 0 saturated carbocycles. The van der Waals surface area contributed by atoms with Gasteiger partial charge in [0.25, 0.3) is 0 Å². The van der Waals surface area contributed by atoms with E-state index in [1.807, 2.05) is 12.3 Å². The smallest absolute Gasteiger partial charge is 0.0490 e. The molecule has 1 saturated heterocycles. The molecule has 0 spiro atoms. The Kier molecular flexibility index (Phi) is 4.36. The third-order valence-electron chi connectivity index (χ3n) is 3.41. The molecule has 16 heavy (non-hydrogen) atoms. The highest BCUT2D eigenvalue weighted by Crippen LogP contribution is 2.11. The average molecular weight is 222 g/mol. The fraction of sp³-hybridized carbons (Fsp3) is 0.750. The molecule has 0 radical (unpaired) electrons. The number of nitrogens with one attached hydrogen (secondary N) is 2. The van der Waals surface area contributed by atoms with Crippen LogP contribution in [0.1, 0.15) is 31.9 Å². The lowest BCUT2D eigenvalue weighted by atomic mass is 10.1. The van der Waals surface area contributed by atoms with Gasteiger partial charge in [0.1, 0.15) is 0 Å². The van der Waals surface area contributed by atoms with Gasteiger partial charge < -0.3 is 10.2 Å². The van der Waals surface area contributed by atoms with E-state index < -0.39 is 0 Å². The lowest BCUT2D eigenvalue weighted by Gasteiger charge is -2.18. The second-order valence-corrected chi connectivity index (χ2v) is 4.52. The predicted octanol–water partition coefficient (Wildman–Crippen LogP) is 1.37. The Labute approximate surface area is 97.4 Å². The monoisotopic (exact) mass is 222 g/mol. The molecule has 2 rings (SSSR count). The molecule has 2 N–H and O–H groups in total. The van der Waals surface area contributed by atoms with Crippen molar-refractivity contribution in [2.24, 2.45) is 0 Å². The second-order valence-electron chi connectivity index (χ2n) is 4.52. The van der Waals surface area contributed by atoms with Gasteiger partial charge in [0, 0.05) is 24.5 Å². The molecule has 0 aromatic carbocycles. The van der Waals surface area contributed by atoms with Crippen LogP contribution < -0.4 is 5.32 Å². The molecule has 1 unspecified atom stereocenters. The van der Waals surface area contributed by atoms with Crippen molar-refractivity contribution in [1.29, 1.82) is 0 Å². The maximum atomic E-state index is 3.96. The van der Waals surface area contributed by atoms with Gasteiger partial charge >= 0.3 is 0 Å². The Morgan fingerprint density at radius 2 is 2.44 bits per heavy atom. The van der Waals surface area contributed by atoms with Crippen molar-refractivity contribution in [3.8, 4) is 0 Å². The van der Waals surface area contributed by atoms with Crippen molar-refractivity contribution in [3.05, 3.63) is 18.0 Å². The van der Waals surface area contributed by atoms with Gasteiger partial charge in [0.2, 0.25) is 0 Å². The molecule has 0 amide bonds. The Bertz CT molecular complexity index is 283. The minimum atomic E-state index is 0.667. The lowest BCUT2D eigenvalue weighted by molar-refractivity contribution is 0.297. The SMILES string of the molecule is CCN1CCCC(NCc2ccn[nH]2)CC1. The van der Waals surface area contributed by atoms with Crippen molar-refractivity contribution < 1.29 is 0 Å². The number of hydrogen-bond donors (Lipinski definition) is 2. The van der Waals surface area contributed by atoms with Crippen LogP contribution in [0.15, 0.2) is 12.3 Å². The molecule has 90 valence electrons. The summed E-state index contributed by atoms with van der Waals surface area (Å²) in [6.45, 7) is 6.85. The lowest BCUT2D eigenvalue weighted by Crippen LogP contribution is -2.30. The van der Waals surface area contributed by atoms with Crippen LogP contribution in [0.4, 0.5) is 0 Å². The van der Waals surface area contributed by atoms with Crippen LogP contribution in [0.3, 0.4) is 0 Å². The van der Waals surface area contributed by atoms with E-state index in [0.29, 0.717) is 6.04 Å². The largest absolute Gasteiger partial charge is 0.308 e. The highest BCUT2D eigenvalue weighted by molar-refractivity contribution is 4.97. The maximum absolute atomic E-state index is 3.96. The quantitative estimate of drug-likeness (QED) is 0.809. The Balaban J connectivity index is 1.73. The summed E-state index contributed by atoms with van der Waals surface area (Å²) in [7, 11) is 0. The Hall–Kier alpha value is -0.870. The van der Waals surface area contributed by atoms with Gasteiger partial charge in [-0.3, -0.25) is 5.10 Å². The Morgan fingerprint density at radius 3 is 3.19 bits per heavy atom. The predicted molar refractivity (Wildman–Crippen MR) is 65.2 cm³/mol. The molecule has 0 bridgehead atoms. The summed E-state index contributed by atoms with van der Waals surface area (Å²) in [5.74, 6) is 0. The molecular formula is C12H22N4. The van der Waals surface area contributed by atoms with Gasteiger partial charge in [0.05, 0.1) is 0 Å². The fourth-order valence-electron chi connectivity index (χ4n) is 2.31. The van der Waals surface area contributed by atoms with Crippen LogP contribution in [0.5, 0.6) is 0 Å². The van der Waals surface area contributed by atoms with Gasteiger partial charge in [-0.1, -0.05) is 6.92 Å². The Morgan fingerprint density at radius 1 is 1.50 bits per heavy atom. The summed E-state index contributed by atoms with van der Waals surface area (Å²) in [5.41, 5.74) is 1.18. The molecule has 4 nitrogen and oxygen atoms in total. The van der Waals surface area contributed by atoms with E-state index in [9.17, 15) is 0 Å². The first-order valence-corrected chi connectivity index (χ1v) is 6.32. The first kappa shape index (κ1) is 11.6. The minimum absolute atomic E-state index is 0.667. The average Bonchev–Trinajstić information content (AvgIpc) is 2.72. The number of hydrogen-bond acceptors (Lipinski definition) is 3. The van der Waals surface area contributed by atoms with Crippen LogP contribution in [-0.2, 0) is 6.54 Å². The van der Waals surface area contributed by atoms with Gasteiger partial charge in [0.15, 0.2) is 0 Å². The fourth-order valence-corrected chi connectivity index (χ4v) is 2.31. The van der Waals surface area contributed by atoms with E-state index in [0.717, 1.165) is 6.54 Å². The van der Waals surface area contributed by atoms with Crippen molar-refractivity contribution in [3.63, 3.8) is 0 Å². The summed E-state index contributed by atoms with van der Waals surface area (Å²) in [4.78, 5) is 2.54. The highest BCUT2D eigenvalue weighted by Gasteiger charge is 2.15. The molecule has 2 heterocycles. The number of aromatic amines is 1. The number of nitrogens with zero attached hydrogens (tertiary/aromatic N) is 2. The normalized spacial score (nSPS) is 23.2. The number of rotatable bonds is 4. The molecular weight excluding hydrogens is 200 g/mol. The molecule has 1 aromatic heterocycles. The van der Waals surface area contributed by atoms with Crippen LogP contribution in [0.2, 0.25) is 0 Å². The second kappa shape index (κ2) is 6.01. The highest BCUT2D eigenvalue weighted by atomic mass is 15.1. The van der Waals surface area contributed by atoms with Crippen molar-refractivity contribution in [2.75, 3.05) is 19.6 Å². The van der Waals surface area contributed by atoms with E-state index in [1.54, 1.807) is 0 Å². The van der Waals surface area contributed by atoms with E-state index in [4.69, 9.17) is 0 Å². The first-order valence-electron chi connectivity index (χ1n) is 6.32. The van der Waals surface area contributed by atoms with Gasteiger partial charge in [-0.2, -0.15) is 5.10 Å². The molecule has 1 aromatic rings. The van der Waals surface area contributed by atoms with Gasteiger partial charge in [-0.05, 0) is 45.0 Å². The number of H-pyrrole nitrogens is 1. The molecule has 0 aliphatic carbocycles. The third kappa shape index (κ3) is 3.32. The standard InChI is InChI=1S/C12H22N4/c1-2-16-8-3-4-11(6-9-16)13-10-12-5-7-14-15-12/h5,7,11,13H,2-4,6,8-10H2,1H3,(H,14,15). The summed E-state index contributed by atoms with van der Waals surface area (Å²) in [6, 6.07) is 2.70. The molecule has 1 aliphatic rings. The zero-order valence-electron chi connectivity index (χ0n) is 10.1. The zero-order chi connectivity index (χ0) is 11.2. The zero-order valence-corrected chi connectivity index (χ0v) is 10.1. The summed E-state index contributed by atoms with van der Waals surface area (Å²) < 4.78 is 0. The molecule has 1 atom stereocenters. The van der Waals surface area contributed by atoms with Crippen molar-refractivity contribution in [2.45, 2.75) is 38.8 Å². The molecule has 4 heteroatoms. The van der Waals surface area contributed by atoms with Crippen LogP contribution in [0.25, 0.3) is 0 Å². The summed E-state index contributed by atoms with van der Waals surface area (Å²) in [5, 5.41) is 10.6.